The highest BCUT2D eigenvalue weighted by molar-refractivity contribution is 5.84. The summed E-state index contributed by atoms with van der Waals surface area (Å²) in [7, 11) is 3.09. The Morgan fingerprint density at radius 2 is 1.77 bits per heavy atom. The van der Waals surface area contributed by atoms with Gasteiger partial charge in [-0.2, -0.15) is 0 Å². The molecule has 1 rings (SSSR count). The van der Waals surface area contributed by atoms with Crippen molar-refractivity contribution < 1.29 is 19.1 Å². The Hall–Kier alpha value is -2.24. The number of methoxy groups -OCH3 is 1. The van der Waals surface area contributed by atoms with Crippen LogP contribution in [0.4, 0.5) is 4.79 Å². The van der Waals surface area contributed by atoms with Crippen LogP contribution >= 0.6 is 0 Å². The predicted molar refractivity (Wildman–Crippen MR) is 83.7 cm³/mol. The van der Waals surface area contributed by atoms with Gasteiger partial charge in [0.2, 0.25) is 5.91 Å². The van der Waals surface area contributed by atoms with E-state index in [4.69, 9.17) is 15.2 Å². The van der Waals surface area contributed by atoms with Gasteiger partial charge < -0.3 is 15.2 Å². The number of ether oxygens (including phenoxy) is 2. The topological polar surface area (TPSA) is 81.9 Å². The van der Waals surface area contributed by atoms with Crippen LogP contribution in [0.1, 0.15) is 26.3 Å². The molecule has 1 atom stereocenters. The first-order chi connectivity index (χ1) is 10.1. The average Bonchev–Trinajstić information content (AvgIpc) is 2.42. The zero-order valence-electron chi connectivity index (χ0n) is 13.8. The molecule has 0 bridgehead atoms. The number of rotatable bonds is 5. The summed E-state index contributed by atoms with van der Waals surface area (Å²) >= 11 is 0. The zero-order chi connectivity index (χ0) is 16.9. The Kier molecular flexibility index (Phi) is 5.79. The van der Waals surface area contributed by atoms with E-state index in [0.29, 0.717) is 6.42 Å². The maximum absolute atomic E-state index is 12.1. The Balaban J connectivity index is 2.84. The second-order valence-corrected chi connectivity index (χ2v) is 6.06. The summed E-state index contributed by atoms with van der Waals surface area (Å²) in [4.78, 5) is 25.0. The smallest absolute Gasteiger partial charge is 0.410 e. The highest BCUT2D eigenvalue weighted by Crippen LogP contribution is 2.16. The summed E-state index contributed by atoms with van der Waals surface area (Å²) in [6, 6.07) is 6.47. The lowest BCUT2D eigenvalue weighted by Gasteiger charge is -2.29. The molecular formula is C16H24N2O4. The van der Waals surface area contributed by atoms with Gasteiger partial charge in [0.25, 0.3) is 0 Å². The maximum atomic E-state index is 12.1. The van der Waals surface area contributed by atoms with Crippen LogP contribution in [-0.4, -0.2) is 42.7 Å². The standard InChI is InChI=1S/C16H24N2O4/c1-16(2,3)22-15(20)18(4)13(14(17)19)10-11-6-8-12(21-5)9-7-11/h6-9,13H,10H2,1-5H3,(H2,17,19)/t13-/m0/s1. The van der Waals surface area contributed by atoms with E-state index >= 15 is 0 Å². The summed E-state index contributed by atoms with van der Waals surface area (Å²) in [5, 5.41) is 0. The number of amides is 2. The molecular weight excluding hydrogens is 284 g/mol. The van der Waals surface area contributed by atoms with Crippen LogP contribution in [-0.2, 0) is 16.0 Å². The molecule has 0 aliphatic heterocycles. The van der Waals surface area contributed by atoms with Crippen LogP contribution in [0.25, 0.3) is 0 Å². The molecule has 1 aromatic carbocycles. The van der Waals surface area contributed by atoms with E-state index in [-0.39, 0.29) is 0 Å². The third kappa shape index (κ3) is 5.27. The lowest BCUT2D eigenvalue weighted by molar-refractivity contribution is -0.122. The first kappa shape index (κ1) is 17.8. The van der Waals surface area contributed by atoms with Crippen molar-refractivity contribution in [3.63, 3.8) is 0 Å². The van der Waals surface area contributed by atoms with Crippen molar-refractivity contribution in [1.82, 2.24) is 4.90 Å². The van der Waals surface area contributed by atoms with Gasteiger partial charge in [-0.1, -0.05) is 12.1 Å². The van der Waals surface area contributed by atoms with E-state index in [2.05, 4.69) is 0 Å². The lowest BCUT2D eigenvalue weighted by atomic mass is 10.0. The van der Waals surface area contributed by atoms with Crippen molar-refractivity contribution in [1.29, 1.82) is 0 Å². The molecule has 0 spiro atoms. The molecule has 1 aromatic rings. The Morgan fingerprint density at radius 3 is 2.18 bits per heavy atom. The SMILES string of the molecule is COc1ccc(C[C@@H](C(N)=O)N(C)C(=O)OC(C)(C)C)cc1. The predicted octanol–water partition coefficient (Wildman–Crippen LogP) is 1.96. The minimum atomic E-state index is -0.775. The Labute approximate surface area is 131 Å². The zero-order valence-corrected chi connectivity index (χ0v) is 13.8. The van der Waals surface area contributed by atoms with Crippen LogP contribution in [0.3, 0.4) is 0 Å². The highest BCUT2D eigenvalue weighted by atomic mass is 16.6. The Morgan fingerprint density at radius 1 is 1.23 bits per heavy atom. The van der Waals surface area contributed by atoms with Gasteiger partial charge in [0.1, 0.15) is 17.4 Å². The summed E-state index contributed by atoms with van der Waals surface area (Å²) < 4.78 is 10.4. The van der Waals surface area contributed by atoms with E-state index in [1.807, 2.05) is 12.1 Å². The molecule has 2 N–H and O–H groups in total. The number of carbonyl (C=O) groups excluding carboxylic acids is 2. The summed E-state index contributed by atoms with van der Waals surface area (Å²) in [5.41, 5.74) is 5.67. The molecule has 0 aromatic heterocycles. The lowest BCUT2D eigenvalue weighted by Crippen LogP contribution is -2.48. The fourth-order valence-corrected chi connectivity index (χ4v) is 1.87. The van der Waals surface area contributed by atoms with Gasteiger partial charge in [-0.25, -0.2) is 4.79 Å². The van der Waals surface area contributed by atoms with Gasteiger partial charge in [-0.15, -0.1) is 0 Å². The molecule has 0 unspecified atom stereocenters. The molecule has 6 heteroatoms. The van der Waals surface area contributed by atoms with Crippen molar-refractivity contribution in [3.8, 4) is 5.75 Å². The molecule has 6 nitrogen and oxygen atoms in total. The van der Waals surface area contributed by atoms with Gasteiger partial charge in [-0.3, -0.25) is 9.69 Å². The number of primary amides is 1. The fourth-order valence-electron chi connectivity index (χ4n) is 1.87. The monoisotopic (exact) mass is 308 g/mol. The first-order valence-corrected chi connectivity index (χ1v) is 7.02. The highest BCUT2D eigenvalue weighted by Gasteiger charge is 2.28. The molecule has 2 amide bonds. The van der Waals surface area contributed by atoms with Crippen LogP contribution in [0.2, 0.25) is 0 Å². The molecule has 0 radical (unpaired) electrons. The number of benzene rings is 1. The number of hydrogen-bond donors (Lipinski definition) is 1. The van der Waals surface area contributed by atoms with E-state index in [1.165, 1.54) is 11.9 Å². The van der Waals surface area contributed by atoms with Gasteiger partial charge in [0.15, 0.2) is 0 Å². The number of carbonyl (C=O) groups is 2. The average molecular weight is 308 g/mol. The molecule has 0 aliphatic rings. The first-order valence-electron chi connectivity index (χ1n) is 7.02. The van der Waals surface area contributed by atoms with E-state index in [0.717, 1.165) is 11.3 Å². The third-order valence-electron chi connectivity index (χ3n) is 3.07. The maximum Gasteiger partial charge on any atom is 0.410 e. The molecule has 0 fully saturated rings. The largest absolute Gasteiger partial charge is 0.497 e. The molecule has 0 heterocycles. The van der Waals surface area contributed by atoms with Crippen LogP contribution in [0.5, 0.6) is 5.75 Å². The minimum Gasteiger partial charge on any atom is -0.497 e. The summed E-state index contributed by atoms with van der Waals surface area (Å²) in [5.74, 6) is 0.143. The van der Waals surface area contributed by atoms with Crippen molar-refractivity contribution in [2.24, 2.45) is 5.73 Å². The van der Waals surface area contributed by atoms with E-state index < -0.39 is 23.6 Å². The fraction of sp³-hybridized carbons (Fsp3) is 0.500. The van der Waals surface area contributed by atoms with Crippen LogP contribution in [0, 0.1) is 0 Å². The quantitative estimate of drug-likeness (QED) is 0.901. The number of likely N-dealkylation sites (N-methyl/N-ethyl adjacent to an activating group) is 1. The van der Waals surface area contributed by atoms with Gasteiger partial charge in [0, 0.05) is 13.5 Å². The van der Waals surface area contributed by atoms with Crippen molar-refractivity contribution in [2.45, 2.75) is 38.8 Å². The summed E-state index contributed by atoms with van der Waals surface area (Å²) in [6.45, 7) is 5.30. The van der Waals surface area contributed by atoms with Gasteiger partial charge in [0.05, 0.1) is 7.11 Å². The number of hydrogen-bond acceptors (Lipinski definition) is 4. The van der Waals surface area contributed by atoms with Gasteiger partial charge in [-0.05, 0) is 38.5 Å². The van der Waals surface area contributed by atoms with Crippen LogP contribution < -0.4 is 10.5 Å². The number of nitrogens with zero attached hydrogens (tertiary/aromatic N) is 1. The molecule has 0 saturated carbocycles. The second kappa shape index (κ2) is 7.15. The molecule has 0 aliphatic carbocycles. The normalized spacial score (nSPS) is 12.4. The van der Waals surface area contributed by atoms with E-state index in [1.54, 1.807) is 40.0 Å². The van der Waals surface area contributed by atoms with Crippen molar-refractivity contribution >= 4 is 12.0 Å². The minimum absolute atomic E-state index is 0.315. The molecule has 22 heavy (non-hydrogen) atoms. The number of nitrogens with two attached hydrogens (primary N) is 1. The van der Waals surface area contributed by atoms with Crippen molar-refractivity contribution in [2.75, 3.05) is 14.2 Å². The second-order valence-electron chi connectivity index (χ2n) is 6.06. The molecule has 122 valence electrons. The Bertz CT molecular complexity index is 520. The van der Waals surface area contributed by atoms with E-state index in [9.17, 15) is 9.59 Å². The van der Waals surface area contributed by atoms with Gasteiger partial charge >= 0.3 is 6.09 Å². The van der Waals surface area contributed by atoms with Crippen molar-refractivity contribution in [3.05, 3.63) is 29.8 Å². The molecule has 0 saturated heterocycles. The summed E-state index contributed by atoms with van der Waals surface area (Å²) in [6.07, 6.45) is -0.264. The third-order valence-corrected chi connectivity index (χ3v) is 3.07. The van der Waals surface area contributed by atoms with Crippen LogP contribution in [0.15, 0.2) is 24.3 Å².